The van der Waals surface area contributed by atoms with Crippen molar-refractivity contribution in [1.29, 1.82) is 0 Å². The van der Waals surface area contributed by atoms with Gasteiger partial charge in [-0.2, -0.15) is 0 Å². The molecule has 1 aromatic carbocycles. The van der Waals surface area contributed by atoms with Gasteiger partial charge >= 0.3 is 0 Å². The molecule has 1 aliphatic rings. The Balaban J connectivity index is 1.23. The van der Waals surface area contributed by atoms with Gasteiger partial charge in [0, 0.05) is 51.5 Å². The molecule has 0 radical (unpaired) electrons. The summed E-state index contributed by atoms with van der Waals surface area (Å²) in [7, 11) is 2.05. The molecule has 0 saturated carbocycles. The molecule has 1 saturated heterocycles. The second-order valence-electron chi connectivity index (χ2n) is 6.98. The monoisotopic (exact) mass is 396 g/mol. The number of carbonyl (C=O) groups is 1. The number of amides is 1. The van der Waals surface area contributed by atoms with E-state index in [0.717, 1.165) is 55.7 Å². The van der Waals surface area contributed by atoms with Crippen molar-refractivity contribution in [3.8, 4) is 0 Å². The number of anilines is 1. The highest BCUT2D eigenvalue weighted by atomic mass is 32.1. The third kappa shape index (κ3) is 4.45. The minimum absolute atomic E-state index is 0.213. The van der Waals surface area contributed by atoms with E-state index >= 15 is 0 Å². The number of benzene rings is 1. The quantitative estimate of drug-likeness (QED) is 0.637. The molecular formula is C20H24N6OS. The zero-order chi connectivity index (χ0) is 19.3. The Kier molecular flexibility index (Phi) is 5.78. The molecule has 2 aromatic heterocycles. The standard InChI is InChI=1S/C20H24N6OS/c1-24(15-18-23-16-5-2-3-6-17(16)28-18)10-7-19(27)25-11-13-26(14-12-25)20-21-8-4-9-22-20/h2-6,8-9H,7,10-15H2,1H3. The van der Waals surface area contributed by atoms with Crippen LogP contribution in [0.2, 0.25) is 0 Å². The van der Waals surface area contributed by atoms with Crippen LogP contribution in [0.1, 0.15) is 11.4 Å². The Labute approximate surface area is 168 Å². The summed E-state index contributed by atoms with van der Waals surface area (Å²) in [5, 5.41) is 1.09. The lowest BCUT2D eigenvalue weighted by atomic mass is 10.2. The lowest BCUT2D eigenvalue weighted by molar-refractivity contribution is -0.131. The van der Waals surface area contributed by atoms with Crippen LogP contribution in [0.25, 0.3) is 10.2 Å². The molecular weight excluding hydrogens is 372 g/mol. The van der Waals surface area contributed by atoms with Crippen LogP contribution in [0.4, 0.5) is 5.95 Å². The van der Waals surface area contributed by atoms with Crippen LogP contribution in [0, 0.1) is 0 Å². The Bertz CT molecular complexity index is 890. The zero-order valence-electron chi connectivity index (χ0n) is 16.0. The summed E-state index contributed by atoms with van der Waals surface area (Å²) < 4.78 is 1.21. The summed E-state index contributed by atoms with van der Waals surface area (Å²) in [5.74, 6) is 0.954. The lowest BCUT2D eigenvalue weighted by Crippen LogP contribution is -2.49. The number of carbonyl (C=O) groups excluding carboxylic acids is 1. The van der Waals surface area contributed by atoms with Crippen molar-refractivity contribution in [1.82, 2.24) is 24.8 Å². The van der Waals surface area contributed by atoms with Gasteiger partial charge in [-0.25, -0.2) is 15.0 Å². The highest BCUT2D eigenvalue weighted by molar-refractivity contribution is 7.18. The molecule has 1 amide bonds. The van der Waals surface area contributed by atoms with E-state index < -0.39 is 0 Å². The van der Waals surface area contributed by atoms with E-state index in [1.807, 2.05) is 36.2 Å². The van der Waals surface area contributed by atoms with Gasteiger partial charge in [-0.3, -0.25) is 9.69 Å². The number of fused-ring (bicyclic) bond motifs is 1. The molecule has 7 nitrogen and oxygen atoms in total. The van der Waals surface area contributed by atoms with Crippen LogP contribution in [-0.4, -0.2) is 70.4 Å². The molecule has 1 fully saturated rings. The molecule has 4 rings (SSSR count). The maximum Gasteiger partial charge on any atom is 0.225 e. The number of para-hydroxylation sites is 1. The number of thiazole rings is 1. The fourth-order valence-corrected chi connectivity index (χ4v) is 4.40. The van der Waals surface area contributed by atoms with Gasteiger partial charge < -0.3 is 9.80 Å². The molecule has 1 aliphatic heterocycles. The van der Waals surface area contributed by atoms with Gasteiger partial charge in [0.05, 0.1) is 16.8 Å². The Morgan fingerprint density at radius 3 is 2.61 bits per heavy atom. The highest BCUT2D eigenvalue weighted by Gasteiger charge is 2.22. The van der Waals surface area contributed by atoms with Crippen LogP contribution in [0.5, 0.6) is 0 Å². The van der Waals surface area contributed by atoms with Crippen LogP contribution < -0.4 is 4.90 Å². The smallest absolute Gasteiger partial charge is 0.225 e. The number of nitrogens with zero attached hydrogens (tertiary/aromatic N) is 6. The SMILES string of the molecule is CN(CCC(=O)N1CCN(c2ncccn2)CC1)Cc1nc2ccccc2s1. The number of hydrogen-bond acceptors (Lipinski definition) is 7. The topological polar surface area (TPSA) is 65.5 Å². The third-order valence-corrected chi connectivity index (χ3v) is 5.94. The van der Waals surface area contributed by atoms with E-state index in [1.165, 1.54) is 4.70 Å². The number of aromatic nitrogens is 3. The maximum absolute atomic E-state index is 12.6. The summed E-state index contributed by atoms with van der Waals surface area (Å²) in [6.07, 6.45) is 4.03. The van der Waals surface area contributed by atoms with E-state index in [0.29, 0.717) is 6.42 Å². The van der Waals surface area contributed by atoms with Gasteiger partial charge in [0.25, 0.3) is 0 Å². The molecule has 0 aliphatic carbocycles. The van der Waals surface area contributed by atoms with E-state index in [-0.39, 0.29) is 5.91 Å². The molecule has 3 aromatic rings. The first kappa shape index (κ1) is 18.8. The third-order valence-electron chi connectivity index (χ3n) is 4.92. The maximum atomic E-state index is 12.6. The number of rotatable bonds is 6. The first-order chi connectivity index (χ1) is 13.7. The van der Waals surface area contributed by atoms with Gasteiger partial charge in [-0.1, -0.05) is 12.1 Å². The van der Waals surface area contributed by atoms with Crippen molar-refractivity contribution >= 4 is 33.4 Å². The van der Waals surface area contributed by atoms with Gasteiger partial charge in [0.1, 0.15) is 5.01 Å². The van der Waals surface area contributed by atoms with Crippen molar-refractivity contribution < 1.29 is 4.79 Å². The van der Waals surface area contributed by atoms with Gasteiger partial charge in [0.15, 0.2) is 0 Å². The minimum atomic E-state index is 0.213. The molecule has 8 heteroatoms. The van der Waals surface area contributed by atoms with Gasteiger partial charge in [-0.15, -0.1) is 11.3 Å². The lowest BCUT2D eigenvalue weighted by Gasteiger charge is -2.35. The zero-order valence-corrected chi connectivity index (χ0v) is 16.8. The number of piperazine rings is 1. The van der Waals surface area contributed by atoms with Crippen LogP contribution >= 0.6 is 11.3 Å². The molecule has 0 N–H and O–H groups in total. The van der Waals surface area contributed by atoms with Gasteiger partial charge in [-0.05, 0) is 25.2 Å². The molecule has 0 spiro atoms. The van der Waals surface area contributed by atoms with Crippen LogP contribution in [-0.2, 0) is 11.3 Å². The van der Waals surface area contributed by atoms with Gasteiger partial charge in [0.2, 0.25) is 11.9 Å². The fourth-order valence-electron chi connectivity index (χ4n) is 3.35. The summed E-state index contributed by atoms with van der Waals surface area (Å²) >= 11 is 1.72. The normalized spacial score (nSPS) is 14.8. The second kappa shape index (κ2) is 8.62. The van der Waals surface area contributed by atoms with E-state index in [9.17, 15) is 4.79 Å². The second-order valence-corrected chi connectivity index (χ2v) is 8.09. The van der Waals surface area contributed by atoms with Crippen molar-refractivity contribution in [2.24, 2.45) is 0 Å². The van der Waals surface area contributed by atoms with E-state index in [4.69, 9.17) is 0 Å². The molecule has 28 heavy (non-hydrogen) atoms. The highest BCUT2D eigenvalue weighted by Crippen LogP contribution is 2.22. The summed E-state index contributed by atoms with van der Waals surface area (Å²) in [4.78, 5) is 32.1. The summed E-state index contributed by atoms with van der Waals surface area (Å²) in [6, 6.07) is 10.0. The molecule has 0 unspecified atom stereocenters. The van der Waals surface area contributed by atoms with Crippen LogP contribution in [0.3, 0.4) is 0 Å². The summed E-state index contributed by atoms with van der Waals surface area (Å²) in [5.41, 5.74) is 1.05. The molecule has 3 heterocycles. The average molecular weight is 397 g/mol. The summed E-state index contributed by atoms with van der Waals surface area (Å²) in [6.45, 7) is 4.49. The largest absolute Gasteiger partial charge is 0.339 e. The van der Waals surface area contributed by atoms with E-state index in [1.54, 1.807) is 23.7 Å². The Morgan fingerprint density at radius 2 is 1.86 bits per heavy atom. The molecule has 0 bridgehead atoms. The minimum Gasteiger partial charge on any atom is -0.339 e. The average Bonchev–Trinajstić information content (AvgIpc) is 3.15. The fraction of sp³-hybridized carbons (Fsp3) is 0.400. The Morgan fingerprint density at radius 1 is 1.11 bits per heavy atom. The first-order valence-electron chi connectivity index (χ1n) is 9.52. The molecule has 0 atom stereocenters. The van der Waals surface area contributed by atoms with Crippen molar-refractivity contribution in [3.05, 3.63) is 47.7 Å². The first-order valence-corrected chi connectivity index (χ1v) is 10.3. The van der Waals surface area contributed by atoms with Crippen molar-refractivity contribution in [2.75, 3.05) is 44.7 Å². The predicted octanol–water partition coefficient (Wildman–Crippen LogP) is 2.26. The van der Waals surface area contributed by atoms with Crippen LogP contribution in [0.15, 0.2) is 42.7 Å². The predicted molar refractivity (Wildman–Crippen MR) is 111 cm³/mol. The number of hydrogen-bond donors (Lipinski definition) is 0. The van der Waals surface area contributed by atoms with Crippen molar-refractivity contribution in [2.45, 2.75) is 13.0 Å². The van der Waals surface area contributed by atoms with Crippen molar-refractivity contribution in [3.63, 3.8) is 0 Å². The molecule has 146 valence electrons. The van der Waals surface area contributed by atoms with E-state index in [2.05, 4.69) is 30.8 Å². The Hall–Kier alpha value is -2.58.